The molecule has 7 nitrogen and oxygen atoms in total. The van der Waals surface area contributed by atoms with E-state index in [-0.39, 0.29) is 29.5 Å². The molecule has 1 aromatic rings. The van der Waals surface area contributed by atoms with Gasteiger partial charge in [0.15, 0.2) is 5.96 Å². The van der Waals surface area contributed by atoms with Crippen LogP contribution in [-0.2, 0) is 4.74 Å². The lowest BCUT2D eigenvalue weighted by Crippen LogP contribution is -2.58. The van der Waals surface area contributed by atoms with E-state index < -0.39 is 0 Å². The van der Waals surface area contributed by atoms with Gasteiger partial charge in [0, 0.05) is 57.2 Å². The van der Waals surface area contributed by atoms with Gasteiger partial charge in [-0.3, -0.25) is 4.99 Å². The molecule has 0 aromatic carbocycles. The van der Waals surface area contributed by atoms with Gasteiger partial charge < -0.3 is 25.2 Å². The zero-order valence-corrected chi connectivity index (χ0v) is 20.6. The van der Waals surface area contributed by atoms with Crippen molar-refractivity contribution in [3.8, 4) is 0 Å². The molecule has 29 heavy (non-hydrogen) atoms. The summed E-state index contributed by atoms with van der Waals surface area (Å²) in [6.07, 6.45) is 4.27. The van der Waals surface area contributed by atoms with Gasteiger partial charge in [-0.15, -0.1) is 24.0 Å². The molecule has 0 aliphatic carbocycles. The van der Waals surface area contributed by atoms with Crippen LogP contribution in [0.3, 0.4) is 0 Å². The molecule has 3 heterocycles. The second-order valence-electron chi connectivity index (χ2n) is 8.20. The summed E-state index contributed by atoms with van der Waals surface area (Å²) in [6, 6.07) is 6.68. The Morgan fingerprint density at radius 1 is 1.28 bits per heavy atom. The predicted octanol–water partition coefficient (Wildman–Crippen LogP) is 2.25. The fraction of sp³-hybridized carbons (Fsp3) is 0.714. The Morgan fingerprint density at radius 2 is 1.97 bits per heavy atom. The van der Waals surface area contributed by atoms with Gasteiger partial charge in [0.25, 0.3) is 0 Å². The highest BCUT2D eigenvalue weighted by Gasteiger charge is 2.35. The highest BCUT2D eigenvalue weighted by molar-refractivity contribution is 14.0. The largest absolute Gasteiger partial charge is 0.381 e. The van der Waals surface area contributed by atoms with E-state index in [0.29, 0.717) is 6.04 Å². The van der Waals surface area contributed by atoms with Crippen LogP contribution >= 0.6 is 24.0 Å². The average Bonchev–Trinajstić information content (AvgIpc) is 2.72. The fourth-order valence-corrected chi connectivity index (χ4v) is 4.13. The van der Waals surface area contributed by atoms with Gasteiger partial charge >= 0.3 is 0 Å². The number of nitrogens with one attached hydrogen (secondary N) is 2. The molecular weight excluding hydrogens is 479 g/mol. The number of ether oxygens (including phenoxy) is 1. The van der Waals surface area contributed by atoms with Gasteiger partial charge in [-0.1, -0.05) is 6.07 Å². The number of aryl methyl sites for hydroxylation is 1. The zero-order valence-electron chi connectivity index (χ0n) is 18.3. The minimum absolute atomic E-state index is 0. The van der Waals surface area contributed by atoms with Gasteiger partial charge in [0.05, 0.1) is 0 Å². The number of halogens is 1. The Balaban J connectivity index is 0.00000300. The Kier molecular flexibility index (Phi) is 9.42. The zero-order chi connectivity index (χ0) is 20.0. The lowest BCUT2D eigenvalue weighted by Gasteiger charge is -2.43. The van der Waals surface area contributed by atoms with Gasteiger partial charge in [-0.25, -0.2) is 4.98 Å². The van der Waals surface area contributed by atoms with Crippen molar-refractivity contribution in [3.05, 3.63) is 23.9 Å². The van der Waals surface area contributed by atoms with E-state index in [9.17, 15) is 0 Å². The number of guanidine groups is 1. The van der Waals surface area contributed by atoms with Crippen molar-refractivity contribution < 1.29 is 4.74 Å². The second kappa shape index (κ2) is 11.3. The van der Waals surface area contributed by atoms with Crippen molar-refractivity contribution >= 4 is 35.8 Å². The molecule has 2 aliphatic rings. The third-order valence-electron chi connectivity index (χ3n) is 6.21. The predicted molar refractivity (Wildman–Crippen MR) is 131 cm³/mol. The van der Waals surface area contributed by atoms with Crippen molar-refractivity contribution in [1.29, 1.82) is 0 Å². The Morgan fingerprint density at radius 3 is 2.55 bits per heavy atom. The first-order valence-electron chi connectivity index (χ1n) is 10.4. The Hall–Kier alpha value is -1.13. The molecule has 1 aromatic heterocycles. The maximum absolute atomic E-state index is 5.57. The SMILES string of the molecule is CN=C(NCC1(N(C)C)CCOCC1)NC1CCN(c2cccc(C)n2)CC1.I. The maximum Gasteiger partial charge on any atom is 0.191 e. The highest BCUT2D eigenvalue weighted by atomic mass is 127. The number of piperidine rings is 1. The molecule has 0 amide bonds. The normalized spacial score (nSPS) is 20.3. The van der Waals surface area contributed by atoms with Crippen LogP contribution in [0.1, 0.15) is 31.4 Å². The third-order valence-corrected chi connectivity index (χ3v) is 6.21. The molecule has 0 spiro atoms. The van der Waals surface area contributed by atoms with Crippen LogP contribution in [0.2, 0.25) is 0 Å². The van der Waals surface area contributed by atoms with Crippen molar-refractivity contribution in [2.24, 2.45) is 4.99 Å². The average molecular weight is 516 g/mol. The van der Waals surface area contributed by atoms with Crippen LogP contribution in [0.25, 0.3) is 0 Å². The second-order valence-corrected chi connectivity index (χ2v) is 8.20. The lowest BCUT2D eigenvalue weighted by atomic mass is 9.88. The van der Waals surface area contributed by atoms with Crippen LogP contribution in [0.5, 0.6) is 0 Å². The summed E-state index contributed by atoms with van der Waals surface area (Å²) in [6.45, 7) is 6.63. The molecule has 0 unspecified atom stereocenters. The van der Waals surface area contributed by atoms with E-state index in [4.69, 9.17) is 4.74 Å². The smallest absolute Gasteiger partial charge is 0.191 e. The molecule has 2 fully saturated rings. The fourth-order valence-electron chi connectivity index (χ4n) is 4.13. The monoisotopic (exact) mass is 516 g/mol. The first-order valence-corrected chi connectivity index (χ1v) is 10.4. The van der Waals surface area contributed by atoms with Crippen LogP contribution in [0.4, 0.5) is 5.82 Å². The number of nitrogens with zero attached hydrogens (tertiary/aromatic N) is 4. The summed E-state index contributed by atoms with van der Waals surface area (Å²) in [5, 5.41) is 7.20. The molecule has 0 radical (unpaired) electrons. The minimum atomic E-state index is 0. The first kappa shape index (κ1) is 24.1. The van der Waals surface area contributed by atoms with Crippen molar-refractivity contribution in [1.82, 2.24) is 20.5 Å². The summed E-state index contributed by atoms with van der Waals surface area (Å²) in [5.74, 6) is 1.99. The number of rotatable bonds is 5. The quantitative estimate of drug-likeness (QED) is 0.356. The molecule has 0 atom stereocenters. The number of hydrogen-bond donors (Lipinski definition) is 2. The lowest BCUT2D eigenvalue weighted by molar-refractivity contribution is -0.00503. The molecule has 3 rings (SSSR count). The molecule has 2 saturated heterocycles. The van der Waals surface area contributed by atoms with Crippen LogP contribution in [0.15, 0.2) is 23.2 Å². The van der Waals surface area contributed by atoms with Crippen molar-refractivity contribution in [3.63, 3.8) is 0 Å². The molecule has 164 valence electrons. The third kappa shape index (κ3) is 6.42. The molecule has 0 saturated carbocycles. The molecule has 8 heteroatoms. The standard InChI is InChI=1S/C21H36N6O.HI/c1-17-6-5-7-19(24-17)27-12-8-18(9-13-27)25-20(22-2)23-16-21(26(3)4)10-14-28-15-11-21;/h5-7,18H,8-16H2,1-4H3,(H2,22,23,25);1H. The van der Waals surface area contributed by atoms with E-state index in [1.165, 1.54) is 0 Å². The summed E-state index contributed by atoms with van der Waals surface area (Å²) >= 11 is 0. The Labute approximate surface area is 192 Å². The summed E-state index contributed by atoms with van der Waals surface area (Å²) in [5.41, 5.74) is 1.21. The summed E-state index contributed by atoms with van der Waals surface area (Å²) < 4.78 is 5.57. The van der Waals surface area contributed by atoms with Crippen LogP contribution in [0, 0.1) is 6.92 Å². The van der Waals surface area contributed by atoms with Gasteiger partial charge in [0.1, 0.15) is 5.82 Å². The van der Waals surface area contributed by atoms with Gasteiger partial charge in [-0.05, 0) is 58.8 Å². The summed E-state index contributed by atoms with van der Waals surface area (Å²) in [7, 11) is 6.18. The van der Waals surface area contributed by atoms with E-state index in [2.05, 4.69) is 56.6 Å². The molecular formula is C21H37IN6O. The van der Waals surface area contributed by atoms with E-state index in [1.807, 2.05) is 20.0 Å². The molecule has 2 aliphatic heterocycles. The number of pyridine rings is 1. The van der Waals surface area contributed by atoms with Gasteiger partial charge in [0.2, 0.25) is 0 Å². The number of anilines is 1. The van der Waals surface area contributed by atoms with Crippen molar-refractivity contribution in [2.45, 2.75) is 44.2 Å². The van der Waals surface area contributed by atoms with Crippen molar-refractivity contribution in [2.75, 3.05) is 58.9 Å². The van der Waals surface area contributed by atoms with Gasteiger partial charge in [-0.2, -0.15) is 0 Å². The number of likely N-dealkylation sites (N-methyl/N-ethyl adjacent to an activating group) is 1. The minimum Gasteiger partial charge on any atom is -0.381 e. The molecule has 2 N–H and O–H groups in total. The Bertz CT molecular complexity index is 654. The first-order chi connectivity index (χ1) is 13.5. The summed E-state index contributed by atoms with van der Waals surface area (Å²) in [4.78, 5) is 13.8. The van der Waals surface area contributed by atoms with Crippen LogP contribution in [-0.4, -0.2) is 81.4 Å². The van der Waals surface area contributed by atoms with E-state index in [0.717, 1.165) is 76.0 Å². The molecule has 0 bridgehead atoms. The van der Waals surface area contributed by atoms with E-state index >= 15 is 0 Å². The van der Waals surface area contributed by atoms with E-state index in [1.54, 1.807) is 0 Å². The van der Waals surface area contributed by atoms with Crippen LogP contribution < -0.4 is 15.5 Å². The maximum atomic E-state index is 5.57. The highest BCUT2D eigenvalue weighted by Crippen LogP contribution is 2.25. The topological polar surface area (TPSA) is 65.0 Å². The number of aromatic nitrogens is 1. The number of hydrogen-bond acceptors (Lipinski definition) is 5. The number of aliphatic imine (C=N–C) groups is 1.